The number of hydrogen-bond acceptors (Lipinski definition) is 8. The van der Waals surface area contributed by atoms with E-state index >= 15 is 0 Å². The quantitative estimate of drug-likeness (QED) is 0.720. The van der Waals surface area contributed by atoms with Crippen molar-refractivity contribution in [3.05, 3.63) is 23.8 Å². The Morgan fingerprint density at radius 2 is 1.96 bits per heavy atom. The molecule has 0 N–H and O–H groups in total. The molecule has 24 heavy (non-hydrogen) atoms. The van der Waals surface area contributed by atoms with Crippen molar-refractivity contribution >= 4 is 9.84 Å². The van der Waals surface area contributed by atoms with Crippen LogP contribution in [0.25, 0.3) is 11.4 Å². The molecule has 0 radical (unpaired) electrons. The van der Waals surface area contributed by atoms with Crippen LogP contribution in [0, 0.1) is 0 Å². The van der Waals surface area contributed by atoms with Crippen molar-refractivity contribution in [1.29, 1.82) is 0 Å². The molecule has 2 aromatic rings. The molecule has 0 aliphatic heterocycles. The van der Waals surface area contributed by atoms with Gasteiger partial charge in [0.2, 0.25) is 5.88 Å². The molecule has 9 heteroatoms. The van der Waals surface area contributed by atoms with Crippen LogP contribution < -0.4 is 4.74 Å². The van der Waals surface area contributed by atoms with Gasteiger partial charge in [0.25, 0.3) is 0 Å². The molecule has 3 rings (SSSR count). The van der Waals surface area contributed by atoms with Crippen molar-refractivity contribution in [3.8, 4) is 17.3 Å². The van der Waals surface area contributed by atoms with Crippen LogP contribution in [0.15, 0.2) is 17.6 Å². The van der Waals surface area contributed by atoms with E-state index in [4.69, 9.17) is 9.47 Å². The largest absolute Gasteiger partial charge is 0.480 e. The molecule has 2 heterocycles. The summed E-state index contributed by atoms with van der Waals surface area (Å²) in [7, 11) is -0.551. The first-order valence-electron chi connectivity index (χ1n) is 7.40. The predicted molar refractivity (Wildman–Crippen MR) is 85.4 cm³/mol. The van der Waals surface area contributed by atoms with Gasteiger partial charge >= 0.3 is 0 Å². The van der Waals surface area contributed by atoms with Crippen LogP contribution in [0.2, 0.25) is 0 Å². The fraction of sp³-hybridized carbons (Fsp3) is 0.467. The van der Waals surface area contributed by atoms with Gasteiger partial charge < -0.3 is 9.47 Å². The van der Waals surface area contributed by atoms with E-state index in [0.717, 1.165) is 24.8 Å². The van der Waals surface area contributed by atoms with Crippen molar-refractivity contribution in [2.75, 3.05) is 20.5 Å². The lowest BCUT2D eigenvalue weighted by atomic mass is 10.1. The van der Waals surface area contributed by atoms with Gasteiger partial charge in [-0.1, -0.05) is 0 Å². The molecule has 1 fully saturated rings. The highest BCUT2D eigenvalue weighted by Crippen LogP contribution is 2.44. The maximum absolute atomic E-state index is 12.1. The monoisotopic (exact) mass is 350 g/mol. The van der Waals surface area contributed by atoms with Gasteiger partial charge in [-0.3, -0.25) is 0 Å². The molecule has 0 amide bonds. The molecule has 128 valence electrons. The standard InChI is InChI=1S/C15H18N4O4S/c1-22-7-10-6-16-13(19-15(10)24(3,20)21)11-12(9-4-5-9)17-8-18-14(11)23-2/h6,8-9H,4-5,7H2,1-3H3. The summed E-state index contributed by atoms with van der Waals surface area (Å²) >= 11 is 0. The van der Waals surface area contributed by atoms with E-state index in [1.165, 1.54) is 26.7 Å². The Bertz CT molecular complexity index is 866. The first kappa shape index (κ1) is 16.7. The van der Waals surface area contributed by atoms with E-state index in [1.807, 2.05) is 0 Å². The Labute approximate surface area is 140 Å². The number of nitrogens with zero attached hydrogens (tertiary/aromatic N) is 4. The van der Waals surface area contributed by atoms with E-state index < -0.39 is 9.84 Å². The Kier molecular flexibility index (Phi) is 4.46. The molecule has 1 aliphatic carbocycles. The van der Waals surface area contributed by atoms with Gasteiger partial charge in [0.15, 0.2) is 20.7 Å². The summed E-state index contributed by atoms with van der Waals surface area (Å²) < 4.78 is 34.5. The lowest BCUT2D eigenvalue weighted by Gasteiger charge is -2.12. The van der Waals surface area contributed by atoms with Gasteiger partial charge in [0.05, 0.1) is 19.4 Å². The topological polar surface area (TPSA) is 104 Å². The van der Waals surface area contributed by atoms with Gasteiger partial charge in [-0.05, 0) is 12.8 Å². The van der Waals surface area contributed by atoms with Crippen molar-refractivity contribution in [3.63, 3.8) is 0 Å². The van der Waals surface area contributed by atoms with Crippen molar-refractivity contribution in [2.24, 2.45) is 0 Å². The van der Waals surface area contributed by atoms with Gasteiger partial charge in [-0.15, -0.1) is 0 Å². The van der Waals surface area contributed by atoms with Gasteiger partial charge in [-0.25, -0.2) is 28.4 Å². The first-order valence-corrected chi connectivity index (χ1v) is 9.29. The minimum atomic E-state index is -3.54. The average molecular weight is 350 g/mol. The zero-order chi connectivity index (χ0) is 17.3. The predicted octanol–water partition coefficient (Wildman–Crippen LogP) is 1.37. The minimum absolute atomic E-state index is 0.0537. The zero-order valence-corrected chi connectivity index (χ0v) is 14.5. The minimum Gasteiger partial charge on any atom is -0.480 e. The third kappa shape index (κ3) is 3.22. The van der Waals surface area contributed by atoms with Crippen LogP contribution in [-0.4, -0.2) is 48.8 Å². The van der Waals surface area contributed by atoms with E-state index in [9.17, 15) is 8.42 Å². The lowest BCUT2D eigenvalue weighted by Crippen LogP contribution is -2.10. The Morgan fingerprint density at radius 3 is 2.54 bits per heavy atom. The maximum atomic E-state index is 12.1. The molecular formula is C15H18N4O4S. The summed E-state index contributed by atoms with van der Waals surface area (Å²) in [4.78, 5) is 17.0. The molecule has 0 aromatic carbocycles. The van der Waals surface area contributed by atoms with Gasteiger partial charge in [-0.2, -0.15) is 0 Å². The van der Waals surface area contributed by atoms with Crippen LogP contribution in [0.4, 0.5) is 0 Å². The summed E-state index contributed by atoms with van der Waals surface area (Å²) in [6.45, 7) is 0.112. The molecule has 2 aromatic heterocycles. The summed E-state index contributed by atoms with van der Waals surface area (Å²) in [5.41, 5.74) is 1.75. The highest BCUT2D eigenvalue weighted by atomic mass is 32.2. The molecule has 8 nitrogen and oxygen atoms in total. The van der Waals surface area contributed by atoms with E-state index in [1.54, 1.807) is 0 Å². The Balaban J connectivity index is 2.20. The second-order valence-electron chi connectivity index (χ2n) is 5.65. The first-order chi connectivity index (χ1) is 11.5. The highest BCUT2D eigenvalue weighted by molar-refractivity contribution is 7.90. The van der Waals surface area contributed by atoms with Crippen molar-refractivity contribution in [1.82, 2.24) is 19.9 Å². The fourth-order valence-corrected chi connectivity index (χ4v) is 3.34. The summed E-state index contributed by atoms with van der Waals surface area (Å²) in [6.07, 6.45) is 6.05. The van der Waals surface area contributed by atoms with Crippen LogP contribution >= 0.6 is 0 Å². The number of aromatic nitrogens is 4. The average Bonchev–Trinajstić information content (AvgIpc) is 3.38. The lowest BCUT2D eigenvalue weighted by molar-refractivity contribution is 0.181. The third-order valence-corrected chi connectivity index (χ3v) is 4.75. The number of ether oxygens (including phenoxy) is 2. The summed E-state index contributed by atoms with van der Waals surface area (Å²) in [6, 6.07) is 0. The van der Waals surface area contributed by atoms with Gasteiger partial charge in [0.1, 0.15) is 11.9 Å². The SMILES string of the molecule is COCc1cnc(-c2c(OC)ncnc2C2CC2)nc1S(C)(=O)=O. The molecule has 0 bridgehead atoms. The number of methoxy groups -OCH3 is 2. The molecule has 1 aliphatic rings. The Hall–Kier alpha value is -2.13. The van der Waals surface area contributed by atoms with Crippen LogP contribution in [0.5, 0.6) is 5.88 Å². The molecule has 0 spiro atoms. The van der Waals surface area contributed by atoms with E-state index in [0.29, 0.717) is 22.9 Å². The second kappa shape index (κ2) is 6.40. The number of sulfone groups is 1. The van der Waals surface area contributed by atoms with Crippen LogP contribution in [0.1, 0.15) is 30.0 Å². The normalized spacial score (nSPS) is 14.6. The fourth-order valence-electron chi connectivity index (χ4n) is 2.50. The molecule has 0 saturated heterocycles. The molecule has 0 atom stereocenters. The third-order valence-electron chi connectivity index (χ3n) is 3.70. The van der Waals surface area contributed by atoms with Crippen LogP contribution in [0.3, 0.4) is 0 Å². The van der Waals surface area contributed by atoms with Crippen molar-refractivity contribution < 1.29 is 17.9 Å². The summed E-state index contributed by atoms with van der Waals surface area (Å²) in [5.74, 6) is 0.890. The number of hydrogen-bond donors (Lipinski definition) is 0. The van der Waals surface area contributed by atoms with E-state index in [2.05, 4.69) is 19.9 Å². The van der Waals surface area contributed by atoms with E-state index in [-0.39, 0.29) is 17.5 Å². The molecule has 1 saturated carbocycles. The number of rotatable bonds is 6. The Morgan fingerprint density at radius 1 is 1.21 bits per heavy atom. The summed E-state index contributed by atoms with van der Waals surface area (Å²) in [5, 5.41) is -0.0537. The van der Waals surface area contributed by atoms with Crippen LogP contribution in [-0.2, 0) is 21.2 Å². The zero-order valence-electron chi connectivity index (χ0n) is 13.7. The second-order valence-corrected chi connectivity index (χ2v) is 7.58. The highest BCUT2D eigenvalue weighted by Gasteiger charge is 2.32. The molecular weight excluding hydrogens is 332 g/mol. The maximum Gasteiger partial charge on any atom is 0.227 e. The molecule has 0 unspecified atom stereocenters. The van der Waals surface area contributed by atoms with Gasteiger partial charge in [0, 0.05) is 31.0 Å². The smallest absolute Gasteiger partial charge is 0.227 e. The van der Waals surface area contributed by atoms with Crippen molar-refractivity contribution in [2.45, 2.75) is 30.4 Å².